The molecular weight excluding hydrogens is 363 g/mol. The molecule has 27 heavy (non-hydrogen) atoms. The Balaban J connectivity index is 2.41. The minimum absolute atomic E-state index is 0.0538. The van der Waals surface area contributed by atoms with Crippen molar-refractivity contribution in [1.82, 2.24) is 4.57 Å². The minimum Gasteiger partial charge on any atom is -0.503 e. The number of nitrogens with zero attached hydrogens (tertiary/aromatic N) is 1. The maximum absolute atomic E-state index is 14.6. The lowest BCUT2D eigenvalue weighted by Crippen LogP contribution is -2.15. The van der Waals surface area contributed by atoms with Crippen molar-refractivity contribution in [3.05, 3.63) is 64.6 Å². The fraction of sp³-hybridized carbons (Fsp3) is 0.158. The zero-order valence-electron chi connectivity index (χ0n) is 14.3. The average Bonchev–Trinajstić information content (AvgIpc) is 2.90. The molecule has 0 fully saturated rings. The van der Waals surface area contributed by atoms with Gasteiger partial charge in [-0.25, -0.2) is 13.2 Å². The maximum atomic E-state index is 14.6. The number of rotatable bonds is 3. The van der Waals surface area contributed by atoms with Gasteiger partial charge in [0.05, 0.1) is 11.4 Å². The van der Waals surface area contributed by atoms with Gasteiger partial charge in [0, 0.05) is 22.7 Å². The fourth-order valence-electron chi connectivity index (χ4n) is 3.18. The van der Waals surface area contributed by atoms with Gasteiger partial charge in [0.15, 0.2) is 17.4 Å². The van der Waals surface area contributed by atoms with Gasteiger partial charge in [0.2, 0.25) is 0 Å². The van der Waals surface area contributed by atoms with E-state index in [1.165, 1.54) is 26.0 Å². The van der Waals surface area contributed by atoms with E-state index in [0.717, 1.165) is 22.8 Å². The molecule has 8 heteroatoms. The van der Waals surface area contributed by atoms with Crippen LogP contribution in [0.5, 0.6) is 5.75 Å². The van der Waals surface area contributed by atoms with E-state index in [0.29, 0.717) is 0 Å². The molecule has 3 rings (SSSR count). The van der Waals surface area contributed by atoms with Gasteiger partial charge in [0.25, 0.3) is 5.91 Å². The van der Waals surface area contributed by atoms with Crippen LogP contribution in [0.15, 0.2) is 30.3 Å². The summed E-state index contributed by atoms with van der Waals surface area (Å²) >= 11 is 0. The van der Waals surface area contributed by atoms with Gasteiger partial charge in [-0.1, -0.05) is 6.07 Å². The summed E-state index contributed by atoms with van der Waals surface area (Å²) in [4.78, 5) is 24.3. The molecule has 1 heterocycles. The maximum Gasteiger partial charge on any atom is 0.310 e. The molecule has 5 nitrogen and oxygen atoms in total. The first-order chi connectivity index (χ1) is 12.6. The van der Waals surface area contributed by atoms with Crippen molar-refractivity contribution in [1.29, 1.82) is 0 Å². The SMILES string of the molecule is Cc1c([C@@H](C)C(=O)O)c2c(F)c(O)c(F)cc2n1C(=O)c1cccc(F)c1. The van der Waals surface area contributed by atoms with Crippen LogP contribution in [-0.4, -0.2) is 26.7 Å². The number of hydrogen-bond acceptors (Lipinski definition) is 3. The monoisotopic (exact) mass is 377 g/mol. The van der Waals surface area contributed by atoms with Crippen LogP contribution in [0.25, 0.3) is 10.9 Å². The van der Waals surface area contributed by atoms with Crippen molar-refractivity contribution >= 4 is 22.8 Å². The van der Waals surface area contributed by atoms with E-state index >= 15 is 0 Å². The molecule has 3 aromatic rings. The lowest BCUT2D eigenvalue weighted by molar-refractivity contribution is -0.138. The number of phenolic OH excluding ortho intramolecular Hbond substituents is 1. The van der Waals surface area contributed by atoms with E-state index in [1.54, 1.807) is 0 Å². The topological polar surface area (TPSA) is 79.5 Å². The standard InChI is InChI=1S/C19H14F3NO4/c1-8(19(26)27)14-9(2)23(18(25)10-4-3-5-11(20)6-10)13-7-12(21)17(24)16(22)15(13)14/h3-8,24H,1-2H3,(H,26,27)/t8-/m1/s1. The second-order valence-corrected chi connectivity index (χ2v) is 6.13. The summed E-state index contributed by atoms with van der Waals surface area (Å²) in [5.41, 5.74) is -0.357. The minimum atomic E-state index is -1.36. The van der Waals surface area contributed by atoms with Crippen LogP contribution in [0.4, 0.5) is 13.2 Å². The van der Waals surface area contributed by atoms with Gasteiger partial charge < -0.3 is 10.2 Å². The number of fused-ring (bicyclic) bond motifs is 1. The van der Waals surface area contributed by atoms with E-state index in [9.17, 15) is 33.0 Å². The number of aliphatic carboxylic acids is 1. The normalized spacial score (nSPS) is 12.3. The summed E-state index contributed by atoms with van der Waals surface area (Å²) in [6, 6.07) is 5.46. The fourth-order valence-corrected chi connectivity index (χ4v) is 3.18. The van der Waals surface area contributed by atoms with Crippen molar-refractivity contribution < 1.29 is 33.0 Å². The van der Waals surface area contributed by atoms with Crippen LogP contribution in [-0.2, 0) is 4.79 Å². The first kappa shape index (κ1) is 18.5. The smallest absolute Gasteiger partial charge is 0.310 e. The second-order valence-electron chi connectivity index (χ2n) is 6.13. The molecule has 0 aliphatic carbocycles. The molecule has 0 aliphatic rings. The Labute approximate surface area is 151 Å². The highest BCUT2D eigenvalue weighted by atomic mass is 19.1. The average molecular weight is 377 g/mol. The summed E-state index contributed by atoms with van der Waals surface area (Å²) < 4.78 is 42.9. The number of benzene rings is 2. The molecule has 0 saturated heterocycles. The molecule has 0 amide bonds. The molecule has 0 unspecified atom stereocenters. The van der Waals surface area contributed by atoms with Crippen molar-refractivity contribution in [2.45, 2.75) is 19.8 Å². The Morgan fingerprint density at radius 3 is 2.41 bits per heavy atom. The van der Waals surface area contributed by atoms with E-state index in [1.807, 2.05) is 0 Å². The third-order valence-electron chi connectivity index (χ3n) is 4.49. The Kier molecular flexibility index (Phi) is 4.43. The highest BCUT2D eigenvalue weighted by Crippen LogP contribution is 2.38. The van der Waals surface area contributed by atoms with Gasteiger partial charge >= 0.3 is 5.97 Å². The summed E-state index contributed by atoms with van der Waals surface area (Å²) in [5.74, 6) is -7.93. The lowest BCUT2D eigenvalue weighted by atomic mass is 9.97. The number of halogens is 3. The molecule has 2 N–H and O–H groups in total. The summed E-state index contributed by atoms with van der Waals surface area (Å²) in [5, 5.41) is 18.6. The number of hydrogen-bond donors (Lipinski definition) is 2. The molecule has 1 aromatic heterocycles. The highest BCUT2D eigenvalue weighted by molar-refractivity contribution is 6.05. The Bertz CT molecular complexity index is 1100. The number of aromatic nitrogens is 1. The van der Waals surface area contributed by atoms with Gasteiger partial charge in [-0.05, 0) is 37.6 Å². The zero-order chi connectivity index (χ0) is 20.0. The third kappa shape index (κ3) is 2.83. The number of carboxylic acids is 1. The third-order valence-corrected chi connectivity index (χ3v) is 4.49. The number of carbonyl (C=O) groups is 2. The quantitative estimate of drug-likeness (QED) is 0.724. The van der Waals surface area contributed by atoms with Gasteiger partial charge in [0.1, 0.15) is 5.82 Å². The Hall–Kier alpha value is -3.29. The molecule has 2 aromatic carbocycles. The van der Waals surface area contributed by atoms with Crippen LogP contribution in [0.1, 0.15) is 34.5 Å². The second kappa shape index (κ2) is 6.46. The summed E-state index contributed by atoms with van der Waals surface area (Å²) in [6.07, 6.45) is 0. The molecule has 0 radical (unpaired) electrons. The zero-order valence-corrected chi connectivity index (χ0v) is 14.3. The van der Waals surface area contributed by atoms with Gasteiger partial charge in [-0.2, -0.15) is 0 Å². The molecule has 0 aliphatic heterocycles. The predicted octanol–water partition coefficient (Wildman–Crippen LogP) is 3.95. The first-order valence-electron chi connectivity index (χ1n) is 7.90. The number of aromatic hydroxyl groups is 1. The molecule has 1 atom stereocenters. The van der Waals surface area contributed by atoms with Gasteiger partial charge in [-0.3, -0.25) is 14.2 Å². The number of carbonyl (C=O) groups excluding carboxylic acids is 1. The van der Waals surface area contributed by atoms with Crippen LogP contribution >= 0.6 is 0 Å². The Morgan fingerprint density at radius 1 is 1.15 bits per heavy atom. The van der Waals surface area contributed by atoms with Crippen LogP contribution in [0.2, 0.25) is 0 Å². The van der Waals surface area contributed by atoms with Crippen LogP contribution < -0.4 is 0 Å². The molecule has 0 bridgehead atoms. The van der Waals surface area contributed by atoms with Crippen molar-refractivity contribution in [3.63, 3.8) is 0 Å². The van der Waals surface area contributed by atoms with E-state index in [-0.39, 0.29) is 27.7 Å². The van der Waals surface area contributed by atoms with E-state index in [2.05, 4.69) is 0 Å². The van der Waals surface area contributed by atoms with E-state index < -0.39 is 41.0 Å². The summed E-state index contributed by atoms with van der Waals surface area (Å²) in [7, 11) is 0. The first-order valence-corrected chi connectivity index (χ1v) is 7.90. The van der Waals surface area contributed by atoms with Crippen molar-refractivity contribution in [3.8, 4) is 5.75 Å². The van der Waals surface area contributed by atoms with Crippen molar-refractivity contribution in [2.75, 3.05) is 0 Å². The number of phenols is 1. The molecule has 0 saturated carbocycles. The largest absolute Gasteiger partial charge is 0.503 e. The summed E-state index contributed by atoms with van der Waals surface area (Å²) in [6.45, 7) is 2.65. The van der Waals surface area contributed by atoms with E-state index in [4.69, 9.17) is 0 Å². The Morgan fingerprint density at radius 2 is 1.81 bits per heavy atom. The van der Waals surface area contributed by atoms with Crippen molar-refractivity contribution in [2.24, 2.45) is 0 Å². The number of carboxylic acid groups (broad SMARTS) is 1. The lowest BCUT2D eigenvalue weighted by Gasteiger charge is -2.09. The van der Waals surface area contributed by atoms with Gasteiger partial charge in [-0.15, -0.1) is 0 Å². The van der Waals surface area contributed by atoms with Crippen LogP contribution in [0.3, 0.4) is 0 Å². The molecular formula is C19H14F3NO4. The molecule has 0 spiro atoms. The molecule has 140 valence electrons. The highest BCUT2D eigenvalue weighted by Gasteiger charge is 2.30. The van der Waals surface area contributed by atoms with Crippen LogP contribution in [0, 0.1) is 24.4 Å². The predicted molar refractivity (Wildman–Crippen MR) is 90.4 cm³/mol.